The van der Waals surface area contributed by atoms with Gasteiger partial charge in [-0.3, -0.25) is 0 Å². The first-order valence-corrected chi connectivity index (χ1v) is 6.25. The summed E-state index contributed by atoms with van der Waals surface area (Å²) in [4.78, 5) is 2.38. The monoisotopic (exact) mass is 215 g/mol. The molecule has 0 radical (unpaired) electrons. The van der Waals surface area contributed by atoms with E-state index in [1.165, 1.54) is 6.42 Å². The highest BCUT2D eigenvalue weighted by molar-refractivity contribution is 4.70. The molecule has 2 unspecified atom stereocenters. The fourth-order valence-electron chi connectivity index (χ4n) is 1.95. The van der Waals surface area contributed by atoms with Crippen LogP contribution >= 0.6 is 0 Å². The second-order valence-corrected chi connectivity index (χ2v) is 4.19. The minimum absolute atomic E-state index is 0.276. The summed E-state index contributed by atoms with van der Waals surface area (Å²) in [6, 6.07) is 0. The molecule has 0 aromatic heterocycles. The minimum atomic E-state index is 0.276. The minimum Gasteiger partial charge on any atom is -0.373 e. The summed E-state index contributed by atoms with van der Waals surface area (Å²) < 4.78 is 11.6. The maximum atomic E-state index is 5.81. The van der Waals surface area contributed by atoms with Crippen LogP contribution in [0.4, 0.5) is 0 Å². The van der Waals surface area contributed by atoms with Gasteiger partial charge in [0.2, 0.25) is 0 Å². The van der Waals surface area contributed by atoms with Gasteiger partial charge in [-0.2, -0.15) is 0 Å². The summed E-state index contributed by atoms with van der Waals surface area (Å²) in [6.07, 6.45) is 2.91. The van der Waals surface area contributed by atoms with E-state index in [0.717, 1.165) is 39.3 Å². The molecular formula is C12H25NO2. The lowest BCUT2D eigenvalue weighted by Crippen LogP contribution is -2.42. The number of hydrogen-bond donors (Lipinski definition) is 0. The van der Waals surface area contributed by atoms with Crippen LogP contribution in [0.5, 0.6) is 0 Å². The summed E-state index contributed by atoms with van der Waals surface area (Å²) >= 11 is 0. The Labute approximate surface area is 93.7 Å². The maximum absolute atomic E-state index is 5.81. The first-order valence-electron chi connectivity index (χ1n) is 6.25. The lowest BCUT2D eigenvalue weighted by atomic mass is 10.2. The van der Waals surface area contributed by atoms with E-state index in [2.05, 4.69) is 25.7 Å². The third-order valence-corrected chi connectivity index (χ3v) is 3.00. The summed E-state index contributed by atoms with van der Waals surface area (Å²) in [7, 11) is 0. The molecule has 1 aliphatic heterocycles. The molecular weight excluding hydrogens is 190 g/mol. The Bertz CT molecular complexity index is 152. The zero-order valence-corrected chi connectivity index (χ0v) is 10.4. The van der Waals surface area contributed by atoms with Crippen LogP contribution in [0.3, 0.4) is 0 Å². The van der Waals surface area contributed by atoms with Gasteiger partial charge in [0.05, 0.1) is 25.4 Å². The van der Waals surface area contributed by atoms with Gasteiger partial charge in [0.1, 0.15) is 0 Å². The molecule has 1 saturated heterocycles. The summed E-state index contributed by atoms with van der Waals surface area (Å²) in [5.41, 5.74) is 0. The van der Waals surface area contributed by atoms with Crippen molar-refractivity contribution in [2.45, 2.75) is 45.8 Å². The maximum Gasteiger partial charge on any atom is 0.0936 e. The van der Waals surface area contributed by atoms with Crippen LogP contribution in [0.15, 0.2) is 0 Å². The van der Waals surface area contributed by atoms with Crippen molar-refractivity contribution in [3.63, 3.8) is 0 Å². The quantitative estimate of drug-likeness (QED) is 0.675. The molecule has 1 heterocycles. The first kappa shape index (κ1) is 12.9. The van der Waals surface area contributed by atoms with Crippen LogP contribution in [-0.2, 0) is 9.47 Å². The van der Waals surface area contributed by atoms with Gasteiger partial charge in [-0.1, -0.05) is 27.2 Å². The molecule has 0 amide bonds. The number of hydrogen-bond acceptors (Lipinski definition) is 3. The van der Waals surface area contributed by atoms with E-state index in [9.17, 15) is 0 Å². The fraction of sp³-hybridized carbons (Fsp3) is 1.00. The predicted octanol–water partition coefficient (Wildman–Crippen LogP) is 1.91. The van der Waals surface area contributed by atoms with E-state index in [-0.39, 0.29) is 6.10 Å². The van der Waals surface area contributed by atoms with Crippen LogP contribution in [0.25, 0.3) is 0 Å². The molecule has 0 saturated carbocycles. The summed E-state index contributed by atoms with van der Waals surface area (Å²) in [5, 5.41) is 0. The lowest BCUT2D eigenvalue weighted by molar-refractivity contribution is -0.140. The lowest BCUT2D eigenvalue weighted by Gasteiger charge is -2.32. The van der Waals surface area contributed by atoms with Crippen molar-refractivity contribution in [3.05, 3.63) is 0 Å². The van der Waals surface area contributed by atoms with E-state index in [4.69, 9.17) is 9.47 Å². The van der Waals surface area contributed by atoms with Crippen molar-refractivity contribution in [1.29, 1.82) is 0 Å². The van der Waals surface area contributed by atoms with Crippen molar-refractivity contribution >= 4 is 0 Å². The van der Waals surface area contributed by atoms with Gasteiger partial charge in [0, 0.05) is 6.54 Å². The smallest absolute Gasteiger partial charge is 0.0936 e. The van der Waals surface area contributed by atoms with Crippen molar-refractivity contribution in [2.24, 2.45) is 0 Å². The van der Waals surface area contributed by atoms with E-state index >= 15 is 0 Å². The highest BCUT2D eigenvalue weighted by Crippen LogP contribution is 2.12. The number of ether oxygens (including phenoxy) is 2. The van der Waals surface area contributed by atoms with E-state index in [1.54, 1.807) is 0 Å². The van der Waals surface area contributed by atoms with Crippen molar-refractivity contribution in [3.8, 4) is 0 Å². The zero-order valence-electron chi connectivity index (χ0n) is 10.4. The molecule has 0 aromatic rings. The Morgan fingerprint density at radius 1 is 1.00 bits per heavy atom. The average molecular weight is 215 g/mol. The normalized spacial score (nSPS) is 27.2. The largest absolute Gasteiger partial charge is 0.373 e. The predicted molar refractivity (Wildman–Crippen MR) is 62.2 cm³/mol. The van der Waals surface area contributed by atoms with Gasteiger partial charge in [-0.15, -0.1) is 0 Å². The number of likely N-dealkylation sites (N-methyl/N-ethyl adjacent to an activating group) is 1. The third kappa shape index (κ3) is 4.49. The number of nitrogens with zero attached hydrogens (tertiary/aromatic N) is 1. The highest BCUT2D eigenvalue weighted by atomic mass is 16.6. The molecule has 0 N–H and O–H groups in total. The van der Waals surface area contributed by atoms with E-state index < -0.39 is 0 Å². The van der Waals surface area contributed by atoms with E-state index in [1.807, 2.05) is 0 Å². The third-order valence-electron chi connectivity index (χ3n) is 3.00. The van der Waals surface area contributed by atoms with Crippen LogP contribution in [0.1, 0.15) is 33.6 Å². The van der Waals surface area contributed by atoms with Gasteiger partial charge in [-0.05, 0) is 19.5 Å². The Morgan fingerprint density at radius 3 is 2.07 bits per heavy atom. The van der Waals surface area contributed by atoms with Crippen LogP contribution in [-0.4, -0.2) is 50.0 Å². The Morgan fingerprint density at radius 2 is 1.60 bits per heavy atom. The molecule has 90 valence electrons. The van der Waals surface area contributed by atoms with Gasteiger partial charge in [0.15, 0.2) is 0 Å². The molecule has 1 rings (SSSR count). The molecule has 0 bridgehead atoms. The highest BCUT2D eigenvalue weighted by Gasteiger charge is 2.22. The van der Waals surface area contributed by atoms with Crippen LogP contribution < -0.4 is 0 Å². The molecule has 0 aromatic carbocycles. The molecule has 0 spiro atoms. The average Bonchev–Trinajstić information content (AvgIpc) is 2.28. The molecule has 15 heavy (non-hydrogen) atoms. The standard InChI is InChI=1S/C12H25NO2/c1-4-7-11-9-15-12(10-14-11)8-13(5-2)6-3/h11-12H,4-10H2,1-3H3. The summed E-state index contributed by atoms with van der Waals surface area (Å²) in [5.74, 6) is 0. The summed E-state index contributed by atoms with van der Waals surface area (Å²) in [6.45, 7) is 11.3. The topological polar surface area (TPSA) is 21.7 Å². The molecule has 1 fully saturated rings. The first-order chi connectivity index (χ1) is 7.30. The molecule has 2 atom stereocenters. The second-order valence-electron chi connectivity index (χ2n) is 4.19. The van der Waals surface area contributed by atoms with E-state index in [0.29, 0.717) is 6.10 Å². The number of rotatable bonds is 6. The Kier molecular flexibility index (Phi) is 6.22. The Balaban J connectivity index is 2.19. The van der Waals surface area contributed by atoms with Gasteiger partial charge < -0.3 is 14.4 Å². The van der Waals surface area contributed by atoms with Crippen LogP contribution in [0, 0.1) is 0 Å². The van der Waals surface area contributed by atoms with Gasteiger partial charge in [-0.25, -0.2) is 0 Å². The second kappa shape index (κ2) is 7.20. The van der Waals surface area contributed by atoms with Crippen molar-refractivity contribution in [1.82, 2.24) is 4.90 Å². The van der Waals surface area contributed by atoms with Crippen molar-refractivity contribution < 1.29 is 9.47 Å². The van der Waals surface area contributed by atoms with Gasteiger partial charge >= 0.3 is 0 Å². The van der Waals surface area contributed by atoms with Crippen molar-refractivity contribution in [2.75, 3.05) is 32.8 Å². The Hall–Kier alpha value is -0.120. The SMILES string of the molecule is CCCC1COC(CN(CC)CC)CO1. The molecule has 3 heteroatoms. The van der Waals surface area contributed by atoms with Crippen LogP contribution in [0.2, 0.25) is 0 Å². The molecule has 0 aliphatic carbocycles. The fourth-order valence-corrected chi connectivity index (χ4v) is 1.95. The molecule has 3 nitrogen and oxygen atoms in total. The van der Waals surface area contributed by atoms with Gasteiger partial charge in [0.25, 0.3) is 0 Å². The zero-order chi connectivity index (χ0) is 11.1. The molecule has 1 aliphatic rings.